The highest BCUT2D eigenvalue weighted by Crippen LogP contribution is 2.20. The summed E-state index contributed by atoms with van der Waals surface area (Å²) in [6.07, 6.45) is 0. The molecule has 112 valence electrons. The van der Waals surface area contributed by atoms with Crippen LogP contribution in [0.25, 0.3) is 0 Å². The maximum atomic E-state index is 13.8. The highest BCUT2D eigenvalue weighted by Gasteiger charge is 2.06. The van der Waals surface area contributed by atoms with Gasteiger partial charge in [-0.05, 0) is 29.7 Å². The Morgan fingerprint density at radius 1 is 1.05 bits per heavy atom. The van der Waals surface area contributed by atoms with E-state index in [1.54, 1.807) is 25.1 Å². The molecule has 0 saturated carbocycles. The van der Waals surface area contributed by atoms with Crippen LogP contribution in [0.15, 0.2) is 42.5 Å². The van der Waals surface area contributed by atoms with E-state index in [1.807, 2.05) is 12.1 Å². The van der Waals surface area contributed by atoms with Crippen LogP contribution < -0.4 is 10.1 Å². The van der Waals surface area contributed by atoms with E-state index in [4.69, 9.17) is 4.74 Å². The third-order valence-corrected chi connectivity index (χ3v) is 3.29. The Morgan fingerprint density at radius 3 is 2.38 bits per heavy atom. The first kappa shape index (κ1) is 15.5. The van der Waals surface area contributed by atoms with Crippen molar-refractivity contribution >= 4 is 0 Å². The standard InChI is InChI=1S/C18H22FNO/c1-13(2)20-11-15-7-9-16(10-8-15)12-21-17-6-4-5-14(3)18(17)19/h4-10,13,20H,11-12H2,1-3H3. The minimum atomic E-state index is -0.282. The minimum absolute atomic E-state index is 0.282. The summed E-state index contributed by atoms with van der Waals surface area (Å²) in [5, 5.41) is 3.37. The van der Waals surface area contributed by atoms with Crippen molar-refractivity contribution in [1.29, 1.82) is 0 Å². The van der Waals surface area contributed by atoms with Crippen molar-refractivity contribution in [3.63, 3.8) is 0 Å². The van der Waals surface area contributed by atoms with Crippen molar-refractivity contribution in [3.05, 3.63) is 65.0 Å². The summed E-state index contributed by atoms with van der Waals surface area (Å²) >= 11 is 0. The molecule has 2 aromatic rings. The Balaban J connectivity index is 1.93. The van der Waals surface area contributed by atoms with Gasteiger partial charge in [0.15, 0.2) is 11.6 Å². The third kappa shape index (κ3) is 4.57. The second-order valence-corrected chi connectivity index (χ2v) is 5.53. The zero-order valence-electron chi connectivity index (χ0n) is 12.8. The average molecular weight is 287 g/mol. The molecule has 0 atom stereocenters. The fraction of sp³-hybridized carbons (Fsp3) is 0.333. The second kappa shape index (κ2) is 7.23. The molecule has 2 nitrogen and oxygen atoms in total. The molecule has 2 rings (SSSR count). The van der Waals surface area contributed by atoms with Crippen molar-refractivity contribution in [2.24, 2.45) is 0 Å². The van der Waals surface area contributed by atoms with Gasteiger partial charge in [0, 0.05) is 12.6 Å². The van der Waals surface area contributed by atoms with Crippen molar-refractivity contribution in [1.82, 2.24) is 5.32 Å². The largest absolute Gasteiger partial charge is 0.486 e. The van der Waals surface area contributed by atoms with Crippen LogP contribution in [0.4, 0.5) is 4.39 Å². The van der Waals surface area contributed by atoms with Crippen LogP contribution in [0, 0.1) is 12.7 Å². The number of ether oxygens (including phenoxy) is 1. The van der Waals surface area contributed by atoms with E-state index in [0.717, 1.165) is 12.1 Å². The van der Waals surface area contributed by atoms with Crippen molar-refractivity contribution in [3.8, 4) is 5.75 Å². The molecule has 0 aliphatic carbocycles. The SMILES string of the molecule is Cc1cccc(OCc2ccc(CNC(C)C)cc2)c1F. The Labute approximate surface area is 126 Å². The molecule has 0 heterocycles. The lowest BCUT2D eigenvalue weighted by molar-refractivity contribution is 0.289. The normalized spacial score (nSPS) is 10.9. The summed E-state index contributed by atoms with van der Waals surface area (Å²) in [4.78, 5) is 0. The van der Waals surface area contributed by atoms with E-state index < -0.39 is 0 Å². The molecule has 1 N–H and O–H groups in total. The molecule has 0 amide bonds. The van der Waals surface area contributed by atoms with E-state index in [0.29, 0.717) is 24.0 Å². The van der Waals surface area contributed by atoms with Crippen molar-refractivity contribution < 1.29 is 9.13 Å². The van der Waals surface area contributed by atoms with Crippen LogP contribution in [-0.4, -0.2) is 6.04 Å². The second-order valence-electron chi connectivity index (χ2n) is 5.53. The molecule has 0 aromatic heterocycles. The van der Waals surface area contributed by atoms with Gasteiger partial charge in [-0.2, -0.15) is 0 Å². The maximum absolute atomic E-state index is 13.8. The van der Waals surface area contributed by atoms with Gasteiger partial charge in [0.05, 0.1) is 0 Å². The van der Waals surface area contributed by atoms with Crippen molar-refractivity contribution in [2.75, 3.05) is 0 Å². The Hall–Kier alpha value is -1.87. The molecule has 21 heavy (non-hydrogen) atoms. The lowest BCUT2D eigenvalue weighted by Crippen LogP contribution is -2.21. The lowest BCUT2D eigenvalue weighted by Gasteiger charge is -2.10. The number of halogens is 1. The minimum Gasteiger partial charge on any atom is -0.486 e. The van der Waals surface area contributed by atoms with Crippen LogP contribution in [0.1, 0.15) is 30.5 Å². The van der Waals surface area contributed by atoms with E-state index in [9.17, 15) is 4.39 Å². The average Bonchev–Trinajstić information content (AvgIpc) is 2.48. The topological polar surface area (TPSA) is 21.3 Å². The summed E-state index contributed by atoms with van der Waals surface area (Å²) in [6.45, 7) is 7.21. The predicted molar refractivity (Wildman–Crippen MR) is 83.9 cm³/mol. The quantitative estimate of drug-likeness (QED) is 0.859. The molecule has 0 saturated heterocycles. The van der Waals surface area contributed by atoms with Gasteiger partial charge in [-0.3, -0.25) is 0 Å². The molecule has 3 heteroatoms. The Morgan fingerprint density at radius 2 is 1.71 bits per heavy atom. The molecule has 0 radical (unpaired) electrons. The monoisotopic (exact) mass is 287 g/mol. The van der Waals surface area contributed by atoms with Crippen molar-refractivity contribution in [2.45, 2.75) is 40.0 Å². The zero-order valence-corrected chi connectivity index (χ0v) is 12.8. The van der Waals surface area contributed by atoms with Crippen LogP contribution in [0.2, 0.25) is 0 Å². The number of aryl methyl sites for hydroxylation is 1. The first-order chi connectivity index (χ1) is 10.1. The molecule has 2 aromatic carbocycles. The van der Waals surface area contributed by atoms with Gasteiger partial charge in [0.25, 0.3) is 0 Å². The third-order valence-electron chi connectivity index (χ3n) is 3.29. The smallest absolute Gasteiger partial charge is 0.167 e. The van der Waals surface area contributed by atoms with Crippen LogP contribution in [0.5, 0.6) is 5.75 Å². The summed E-state index contributed by atoms with van der Waals surface area (Å²) in [7, 11) is 0. The summed E-state index contributed by atoms with van der Waals surface area (Å²) < 4.78 is 19.4. The first-order valence-corrected chi connectivity index (χ1v) is 7.25. The van der Waals surface area contributed by atoms with E-state index in [1.165, 1.54) is 5.56 Å². The van der Waals surface area contributed by atoms with Gasteiger partial charge in [-0.15, -0.1) is 0 Å². The molecule has 0 fully saturated rings. The highest BCUT2D eigenvalue weighted by molar-refractivity contribution is 5.30. The van der Waals surface area contributed by atoms with Crippen LogP contribution in [0.3, 0.4) is 0 Å². The molecular weight excluding hydrogens is 265 g/mol. The Kier molecular flexibility index (Phi) is 5.34. The number of benzene rings is 2. The van der Waals surface area contributed by atoms with Crippen LogP contribution in [-0.2, 0) is 13.2 Å². The molecule has 0 aliphatic heterocycles. The van der Waals surface area contributed by atoms with E-state index in [2.05, 4.69) is 31.3 Å². The summed E-state index contributed by atoms with van der Waals surface area (Å²) in [5.41, 5.74) is 2.86. The lowest BCUT2D eigenvalue weighted by atomic mass is 10.1. The predicted octanol–water partition coefficient (Wildman–Crippen LogP) is 4.21. The number of rotatable bonds is 6. The molecule has 0 bridgehead atoms. The van der Waals surface area contributed by atoms with E-state index in [-0.39, 0.29) is 5.82 Å². The zero-order chi connectivity index (χ0) is 15.2. The fourth-order valence-corrected chi connectivity index (χ4v) is 1.97. The maximum Gasteiger partial charge on any atom is 0.167 e. The number of hydrogen-bond acceptors (Lipinski definition) is 2. The van der Waals surface area contributed by atoms with Crippen LogP contribution >= 0.6 is 0 Å². The van der Waals surface area contributed by atoms with Gasteiger partial charge in [0.2, 0.25) is 0 Å². The number of hydrogen-bond donors (Lipinski definition) is 1. The summed E-state index contributed by atoms with van der Waals surface area (Å²) in [6, 6.07) is 13.8. The summed E-state index contributed by atoms with van der Waals surface area (Å²) in [5.74, 6) is 0.0239. The Bertz CT molecular complexity index is 578. The first-order valence-electron chi connectivity index (χ1n) is 7.25. The van der Waals surface area contributed by atoms with Gasteiger partial charge in [-0.25, -0.2) is 4.39 Å². The van der Waals surface area contributed by atoms with Gasteiger partial charge in [-0.1, -0.05) is 50.2 Å². The van der Waals surface area contributed by atoms with Gasteiger partial charge in [0.1, 0.15) is 6.61 Å². The van der Waals surface area contributed by atoms with E-state index >= 15 is 0 Å². The van der Waals surface area contributed by atoms with Gasteiger partial charge < -0.3 is 10.1 Å². The highest BCUT2D eigenvalue weighted by atomic mass is 19.1. The molecule has 0 aliphatic rings. The molecule has 0 spiro atoms. The molecular formula is C18H22FNO. The fourth-order valence-electron chi connectivity index (χ4n) is 1.97. The van der Waals surface area contributed by atoms with Gasteiger partial charge >= 0.3 is 0 Å². The number of nitrogens with one attached hydrogen (secondary N) is 1. The molecule has 0 unspecified atom stereocenters.